The monoisotopic (exact) mass is 347 g/mol. The topological polar surface area (TPSA) is 62.8 Å². The summed E-state index contributed by atoms with van der Waals surface area (Å²) < 4.78 is 10.7. The third-order valence-electron chi connectivity index (χ3n) is 5.00. The van der Waals surface area contributed by atoms with E-state index in [9.17, 15) is 4.79 Å². The van der Waals surface area contributed by atoms with Gasteiger partial charge in [-0.25, -0.2) is 0 Å². The molecule has 0 aromatic heterocycles. The number of hydrogen-bond donors (Lipinski definition) is 2. The zero-order valence-corrected chi connectivity index (χ0v) is 15.0. The van der Waals surface area contributed by atoms with Gasteiger partial charge in [0.1, 0.15) is 5.75 Å². The standard InChI is InChI=1S/C19H29N3O3/c1-24-17-6-4-15(5-7-17)18(22-9-2-3-10-22)13-21-19(23)12-16-14-25-11-8-20-16/h4-7,16,18,20H,2-3,8-14H2,1H3,(H,21,23). The van der Waals surface area contributed by atoms with Crippen LogP contribution in [0.3, 0.4) is 0 Å². The fourth-order valence-corrected chi connectivity index (χ4v) is 3.59. The molecule has 25 heavy (non-hydrogen) atoms. The van der Waals surface area contributed by atoms with E-state index in [1.54, 1.807) is 7.11 Å². The largest absolute Gasteiger partial charge is 0.497 e. The molecule has 2 aliphatic heterocycles. The predicted molar refractivity (Wildman–Crippen MR) is 96.8 cm³/mol. The Bertz CT molecular complexity index is 537. The van der Waals surface area contributed by atoms with Gasteiger partial charge in [0, 0.05) is 25.6 Å². The lowest BCUT2D eigenvalue weighted by Crippen LogP contribution is -2.45. The Morgan fingerprint density at radius 2 is 2.12 bits per heavy atom. The molecule has 2 atom stereocenters. The molecule has 6 nitrogen and oxygen atoms in total. The molecule has 2 heterocycles. The molecule has 138 valence electrons. The average Bonchev–Trinajstić information content (AvgIpc) is 3.18. The zero-order valence-electron chi connectivity index (χ0n) is 15.0. The lowest BCUT2D eigenvalue weighted by Gasteiger charge is -2.29. The Labute approximate surface area is 149 Å². The first kappa shape index (κ1) is 18.2. The number of benzene rings is 1. The van der Waals surface area contributed by atoms with Gasteiger partial charge in [-0.3, -0.25) is 9.69 Å². The van der Waals surface area contributed by atoms with E-state index in [4.69, 9.17) is 9.47 Å². The van der Waals surface area contributed by atoms with Gasteiger partial charge in [0.05, 0.1) is 26.4 Å². The van der Waals surface area contributed by atoms with Crippen LogP contribution in [-0.2, 0) is 9.53 Å². The van der Waals surface area contributed by atoms with Crippen molar-refractivity contribution in [3.63, 3.8) is 0 Å². The molecule has 2 N–H and O–H groups in total. The number of carbonyl (C=O) groups is 1. The van der Waals surface area contributed by atoms with Crippen LogP contribution in [0.4, 0.5) is 0 Å². The second-order valence-corrected chi connectivity index (χ2v) is 6.77. The normalized spacial score (nSPS) is 22.5. The lowest BCUT2D eigenvalue weighted by atomic mass is 10.0. The van der Waals surface area contributed by atoms with Crippen molar-refractivity contribution in [1.82, 2.24) is 15.5 Å². The Morgan fingerprint density at radius 3 is 2.76 bits per heavy atom. The Hall–Kier alpha value is -1.63. The Kier molecular flexibility index (Phi) is 6.67. The molecule has 2 unspecified atom stereocenters. The van der Waals surface area contributed by atoms with Crippen LogP contribution in [0.5, 0.6) is 5.75 Å². The first-order valence-corrected chi connectivity index (χ1v) is 9.22. The Morgan fingerprint density at radius 1 is 1.36 bits per heavy atom. The van der Waals surface area contributed by atoms with Crippen molar-refractivity contribution in [1.29, 1.82) is 0 Å². The van der Waals surface area contributed by atoms with Crippen LogP contribution < -0.4 is 15.4 Å². The van der Waals surface area contributed by atoms with Crippen LogP contribution in [0.25, 0.3) is 0 Å². The second kappa shape index (κ2) is 9.17. The van der Waals surface area contributed by atoms with Gasteiger partial charge in [0.15, 0.2) is 0 Å². The fraction of sp³-hybridized carbons (Fsp3) is 0.632. The van der Waals surface area contributed by atoms with E-state index >= 15 is 0 Å². The van der Waals surface area contributed by atoms with E-state index in [1.807, 2.05) is 12.1 Å². The van der Waals surface area contributed by atoms with Gasteiger partial charge in [-0.1, -0.05) is 12.1 Å². The number of hydrogen-bond acceptors (Lipinski definition) is 5. The van der Waals surface area contributed by atoms with Crippen LogP contribution in [0, 0.1) is 0 Å². The van der Waals surface area contributed by atoms with Crippen molar-refractivity contribution in [3.05, 3.63) is 29.8 Å². The molecule has 1 aromatic rings. The molecule has 1 aromatic carbocycles. The first-order valence-electron chi connectivity index (χ1n) is 9.22. The second-order valence-electron chi connectivity index (χ2n) is 6.77. The molecular formula is C19H29N3O3. The number of rotatable bonds is 7. The summed E-state index contributed by atoms with van der Waals surface area (Å²) in [6.45, 7) is 4.97. The number of nitrogens with zero attached hydrogens (tertiary/aromatic N) is 1. The molecule has 6 heteroatoms. The summed E-state index contributed by atoms with van der Waals surface area (Å²) in [6.07, 6.45) is 2.92. The summed E-state index contributed by atoms with van der Waals surface area (Å²) in [5.41, 5.74) is 1.22. The molecule has 0 bridgehead atoms. The van der Waals surface area contributed by atoms with Gasteiger partial charge in [-0.15, -0.1) is 0 Å². The van der Waals surface area contributed by atoms with Crippen molar-refractivity contribution in [2.24, 2.45) is 0 Å². The van der Waals surface area contributed by atoms with E-state index in [1.165, 1.54) is 18.4 Å². The SMILES string of the molecule is COc1ccc(C(CNC(=O)CC2COCCN2)N2CCCC2)cc1. The number of methoxy groups -OCH3 is 1. The smallest absolute Gasteiger partial charge is 0.221 e. The van der Waals surface area contributed by atoms with Crippen LogP contribution in [0.1, 0.15) is 30.9 Å². The van der Waals surface area contributed by atoms with Crippen molar-refractivity contribution < 1.29 is 14.3 Å². The summed E-state index contributed by atoms with van der Waals surface area (Å²) >= 11 is 0. The van der Waals surface area contributed by atoms with Crippen LogP contribution in [0.15, 0.2) is 24.3 Å². The third-order valence-corrected chi connectivity index (χ3v) is 5.00. The van der Waals surface area contributed by atoms with Crippen molar-refractivity contribution in [3.8, 4) is 5.75 Å². The minimum Gasteiger partial charge on any atom is -0.497 e. The van der Waals surface area contributed by atoms with Crippen molar-refractivity contribution in [2.75, 3.05) is 46.5 Å². The molecule has 2 fully saturated rings. The van der Waals surface area contributed by atoms with E-state index in [0.717, 1.165) is 32.0 Å². The molecule has 3 rings (SSSR count). The molecule has 2 aliphatic rings. The Balaban J connectivity index is 1.58. The highest BCUT2D eigenvalue weighted by atomic mass is 16.5. The fourth-order valence-electron chi connectivity index (χ4n) is 3.59. The minimum absolute atomic E-state index is 0.0840. The van der Waals surface area contributed by atoms with Gasteiger partial charge in [-0.2, -0.15) is 0 Å². The van der Waals surface area contributed by atoms with E-state index in [0.29, 0.717) is 19.6 Å². The van der Waals surface area contributed by atoms with Crippen molar-refractivity contribution >= 4 is 5.91 Å². The maximum Gasteiger partial charge on any atom is 0.221 e. The number of likely N-dealkylation sites (tertiary alicyclic amines) is 1. The van der Waals surface area contributed by atoms with Crippen molar-refractivity contribution in [2.45, 2.75) is 31.3 Å². The van der Waals surface area contributed by atoms with Gasteiger partial charge in [0.2, 0.25) is 5.91 Å². The highest BCUT2D eigenvalue weighted by Crippen LogP contribution is 2.26. The molecule has 0 saturated carbocycles. The number of nitrogens with one attached hydrogen (secondary N) is 2. The number of amides is 1. The number of ether oxygens (including phenoxy) is 2. The van der Waals surface area contributed by atoms with Gasteiger partial charge in [-0.05, 0) is 43.6 Å². The summed E-state index contributed by atoms with van der Waals surface area (Å²) in [7, 11) is 1.68. The van der Waals surface area contributed by atoms with Gasteiger partial charge in [0.25, 0.3) is 0 Å². The van der Waals surface area contributed by atoms with Crippen LogP contribution >= 0.6 is 0 Å². The summed E-state index contributed by atoms with van der Waals surface area (Å²) in [5.74, 6) is 0.942. The molecule has 0 aliphatic carbocycles. The quantitative estimate of drug-likeness (QED) is 0.779. The van der Waals surface area contributed by atoms with E-state index in [-0.39, 0.29) is 18.0 Å². The average molecular weight is 347 g/mol. The number of morpholine rings is 1. The summed E-state index contributed by atoms with van der Waals surface area (Å²) in [5, 5.41) is 6.45. The van der Waals surface area contributed by atoms with Gasteiger partial charge >= 0.3 is 0 Å². The van der Waals surface area contributed by atoms with Crippen LogP contribution in [0.2, 0.25) is 0 Å². The lowest BCUT2D eigenvalue weighted by molar-refractivity contribution is -0.122. The summed E-state index contributed by atoms with van der Waals surface area (Å²) in [4.78, 5) is 14.8. The zero-order chi connectivity index (χ0) is 17.5. The maximum absolute atomic E-state index is 12.3. The molecule has 1 amide bonds. The highest BCUT2D eigenvalue weighted by Gasteiger charge is 2.24. The molecule has 0 radical (unpaired) electrons. The third kappa shape index (κ3) is 5.17. The van der Waals surface area contributed by atoms with E-state index in [2.05, 4.69) is 27.7 Å². The van der Waals surface area contributed by atoms with Gasteiger partial charge < -0.3 is 20.1 Å². The summed E-state index contributed by atoms with van der Waals surface area (Å²) in [6, 6.07) is 8.52. The first-order chi connectivity index (χ1) is 12.3. The van der Waals surface area contributed by atoms with E-state index < -0.39 is 0 Å². The number of carbonyl (C=O) groups excluding carboxylic acids is 1. The van der Waals surface area contributed by atoms with Crippen LogP contribution in [-0.4, -0.2) is 63.4 Å². The molecular weight excluding hydrogens is 318 g/mol. The highest BCUT2D eigenvalue weighted by molar-refractivity contribution is 5.76. The molecule has 2 saturated heterocycles. The maximum atomic E-state index is 12.3. The minimum atomic E-state index is 0.0840. The predicted octanol–water partition coefficient (Wildman–Crippen LogP) is 1.33. The molecule has 0 spiro atoms.